The number of fused-ring (bicyclic) bond motifs is 5. The van der Waals surface area contributed by atoms with E-state index in [1.54, 1.807) is 12.0 Å². The maximum Gasteiger partial charge on any atom is -0.0195 e. The standard InChI is InChI=1S/C25H42INO.C2H6.CH5N/c1-18(2)7-5-6-8-19-9-10-22-24(19,3)15-12-23-25(4)14-11-21(27-28)17-20(25)13-16-26(22)23;2*1-2/h17-19,22-23,28H,5-16H2,1-4H3;1-2H3;2H2,1H3/b27-21-;;. The molecule has 32 heavy (non-hydrogen) atoms. The van der Waals surface area contributed by atoms with Crippen molar-refractivity contribution < 1.29 is 5.21 Å². The van der Waals surface area contributed by atoms with Crippen molar-refractivity contribution in [1.82, 2.24) is 0 Å². The first kappa shape index (κ1) is 28.1. The molecule has 0 bridgehead atoms. The molecule has 3 fully saturated rings. The van der Waals surface area contributed by atoms with E-state index in [4.69, 9.17) is 0 Å². The van der Waals surface area contributed by atoms with Crippen molar-refractivity contribution in [3.8, 4) is 0 Å². The number of nitrogens with two attached hydrogens (primary N) is 1. The zero-order chi connectivity index (χ0) is 23.9. The minimum absolute atomic E-state index is 0.438. The van der Waals surface area contributed by atoms with Crippen LogP contribution in [-0.2, 0) is 0 Å². The van der Waals surface area contributed by atoms with E-state index in [-0.39, 0.29) is 0 Å². The average Bonchev–Trinajstić information content (AvgIpc) is 3.15. The predicted octanol–water partition coefficient (Wildman–Crippen LogP) is 8.22. The van der Waals surface area contributed by atoms with Crippen LogP contribution in [0.1, 0.15) is 112 Å². The number of alkyl halides is 3. The molecule has 3 N–H and O–H groups in total. The van der Waals surface area contributed by atoms with Gasteiger partial charge in [-0.1, -0.05) is 13.8 Å². The van der Waals surface area contributed by atoms with E-state index in [1.807, 2.05) is 13.8 Å². The smallest absolute Gasteiger partial charge is 0.0195 e. The van der Waals surface area contributed by atoms with Crippen LogP contribution in [0.5, 0.6) is 0 Å². The van der Waals surface area contributed by atoms with Gasteiger partial charge in [-0.15, -0.1) is 0 Å². The summed E-state index contributed by atoms with van der Waals surface area (Å²) >= 11 is -0.955. The maximum absolute atomic E-state index is 9.26. The molecular weight excluding hydrogens is 507 g/mol. The number of allylic oxidation sites excluding steroid dienone is 2. The number of nitrogens with zero attached hydrogens (tertiary/aromatic N) is 1. The fraction of sp³-hybridized carbons (Fsp3) is 0.893. The van der Waals surface area contributed by atoms with Crippen LogP contribution in [0.25, 0.3) is 0 Å². The van der Waals surface area contributed by atoms with Gasteiger partial charge in [0.1, 0.15) is 0 Å². The maximum atomic E-state index is 9.26. The quantitative estimate of drug-likeness (QED) is 0.117. The van der Waals surface area contributed by atoms with E-state index < -0.39 is 19.8 Å². The van der Waals surface area contributed by atoms with Gasteiger partial charge >= 0.3 is 181 Å². The summed E-state index contributed by atoms with van der Waals surface area (Å²) in [4.78, 5) is 0. The molecular formula is C28H53IN2O. The molecule has 0 amide bonds. The fourth-order valence-electron chi connectivity index (χ4n) is 7.15. The summed E-state index contributed by atoms with van der Waals surface area (Å²) in [6.07, 6.45) is 17.7. The fourth-order valence-corrected chi connectivity index (χ4v) is 18.3. The van der Waals surface area contributed by atoms with Gasteiger partial charge in [-0.05, 0) is 7.05 Å². The van der Waals surface area contributed by atoms with Gasteiger partial charge in [0.2, 0.25) is 0 Å². The minimum Gasteiger partial charge on any atom is -0.333 e. The Kier molecular flexibility index (Phi) is 11.0. The molecule has 0 radical (unpaired) electrons. The van der Waals surface area contributed by atoms with Crippen LogP contribution >= 0.6 is 19.8 Å². The van der Waals surface area contributed by atoms with Crippen molar-refractivity contribution >= 4 is 25.5 Å². The van der Waals surface area contributed by atoms with Crippen molar-refractivity contribution in [2.24, 2.45) is 33.6 Å². The van der Waals surface area contributed by atoms with Crippen LogP contribution in [0.2, 0.25) is 0 Å². The Labute approximate surface area is 206 Å². The summed E-state index contributed by atoms with van der Waals surface area (Å²) in [6.45, 7) is 14.0. The van der Waals surface area contributed by atoms with Crippen LogP contribution in [0.15, 0.2) is 16.8 Å². The Bertz CT molecular complexity index is 645. The van der Waals surface area contributed by atoms with Crippen LogP contribution in [-0.4, -0.2) is 30.2 Å². The molecule has 4 heteroatoms. The molecule has 0 spiro atoms. The van der Waals surface area contributed by atoms with E-state index in [1.165, 1.54) is 69.3 Å². The Morgan fingerprint density at radius 2 is 1.78 bits per heavy atom. The molecule has 2 aliphatic carbocycles. The molecule has 4 aliphatic rings. The zero-order valence-electron chi connectivity index (χ0n) is 22.2. The number of oxime groups is 1. The van der Waals surface area contributed by atoms with Crippen molar-refractivity contribution in [2.75, 3.05) is 11.5 Å². The second kappa shape index (κ2) is 12.6. The topological polar surface area (TPSA) is 58.6 Å². The normalized spacial score (nSPS) is 37.9. The van der Waals surface area contributed by atoms with Gasteiger partial charge in [0, 0.05) is 0 Å². The summed E-state index contributed by atoms with van der Waals surface area (Å²) in [5.74, 6) is 1.89. The molecule has 2 aliphatic heterocycles. The molecule has 5 unspecified atom stereocenters. The van der Waals surface area contributed by atoms with Gasteiger partial charge in [0.05, 0.1) is 0 Å². The molecule has 0 aromatic rings. The average molecular weight is 561 g/mol. The Morgan fingerprint density at radius 1 is 1.06 bits per heavy atom. The summed E-state index contributed by atoms with van der Waals surface area (Å²) in [6, 6.07) is 0. The van der Waals surface area contributed by atoms with Crippen LogP contribution in [0, 0.1) is 22.7 Å². The molecule has 5 atom stereocenters. The first-order chi connectivity index (χ1) is 15.4. The first-order valence-electron chi connectivity index (χ1n) is 13.5. The number of hydrogen-bond acceptors (Lipinski definition) is 3. The second-order valence-corrected chi connectivity index (χ2v) is 17.6. The Hall–Kier alpha value is -0.100. The largest absolute Gasteiger partial charge is 0.333 e. The monoisotopic (exact) mass is 560 g/mol. The molecule has 188 valence electrons. The Morgan fingerprint density at radius 3 is 2.44 bits per heavy atom. The Balaban J connectivity index is 0.000000860. The molecule has 2 heterocycles. The van der Waals surface area contributed by atoms with Gasteiger partial charge in [-0.3, -0.25) is 0 Å². The summed E-state index contributed by atoms with van der Waals surface area (Å²) in [7, 11) is 1.50. The molecule has 4 rings (SSSR count). The van der Waals surface area contributed by atoms with Gasteiger partial charge in [-0.25, -0.2) is 0 Å². The molecule has 0 aromatic carbocycles. The van der Waals surface area contributed by atoms with E-state index >= 15 is 0 Å². The third-order valence-electron chi connectivity index (χ3n) is 8.99. The number of unbranched alkanes of at least 4 members (excludes halogenated alkanes) is 1. The third-order valence-corrected chi connectivity index (χ3v) is 18.7. The molecule has 2 saturated heterocycles. The van der Waals surface area contributed by atoms with Crippen molar-refractivity contribution in [2.45, 2.75) is 120 Å². The van der Waals surface area contributed by atoms with E-state index in [0.29, 0.717) is 10.8 Å². The number of hydrogen-bond donors (Lipinski definition) is 2. The van der Waals surface area contributed by atoms with Gasteiger partial charge in [-0.2, -0.15) is 0 Å². The van der Waals surface area contributed by atoms with Crippen LogP contribution in [0.4, 0.5) is 0 Å². The molecule has 1 saturated carbocycles. The van der Waals surface area contributed by atoms with Crippen LogP contribution < -0.4 is 5.73 Å². The van der Waals surface area contributed by atoms with Crippen LogP contribution in [0.3, 0.4) is 0 Å². The van der Waals surface area contributed by atoms with Gasteiger partial charge < -0.3 is 5.73 Å². The number of rotatable bonds is 5. The summed E-state index contributed by atoms with van der Waals surface area (Å²) in [5.41, 5.74) is 8.19. The van der Waals surface area contributed by atoms with Gasteiger partial charge in [0.25, 0.3) is 0 Å². The minimum atomic E-state index is -0.955. The summed E-state index contributed by atoms with van der Waals surface area (Å²) in [5, 5.41) is 12.8. The van der Waals surface area contributed by atoms with E-state index in [0.717, 1.165) is 31.8 Å². The predicted molar refractivity (Wildman–Crippen MR) is 151 cm³/mol. The molecule has 0 aromatic heterocycles. The van der Waals surface area contributed by atoms with Gasteiger partial charge in [0.15, 0.2) is 0 Å². The van der Waals surface area contributed by atoms with Crippen molar-refractivity contribution in [1.29, 1.82) is 0 Å². The second-order valence-electron chi connectivity index (χ2n) is 11.0. The summed E-state index contributed by atoms with van der Waals surface area (Å²) < 4.78 is 3.68. The first-order valence-corrected chi connectivity index (χ1v) is 17.5. The van der Waals surface area contributed by atoms with E-state index in [9.17, 15) is 5.21 Å². The van der Waals surface area contributed by atoms with Crippen molar-refractivity contribution in [3.63, 3.8) is 0 Å². The SMILES string of the molecule is CC.CC(C)CCCCC1CCC2I3CCC4=C/C(=N\O)CCC4(C)C3CCC12C.CN. The third kappa shape index (κ3) is 5.58. The van der Waals surface area contributed by atoms with E-state index in [2.05, 4.69) is 44.7 Å². The molecule has 3 nitrogen and oxygen atoms in total. The number of halogens is 1. The zero-order valence-corrected chi connectivity index (χ0v) is 24.4. The van der Waals surface area contributed by atoms with Crippen molar-refractivity contribution in [3.05, 3.63) is 11.6 Å².